The zero-order chi connectivity index (χ0) is 10.8. The van der Waals surface area contributed by atoms with Crippen molar-refractivity contribution in [2.24, 2.45) is 0 Å². The number of rotatable bonds is 2. The number of benzene rings is 1. The van der Waals surface area contributed by atoms with E-state index in [1.54, 1.807) is 0 Å². The van der Waals surface area contributed by atoms with Crippen LogP contribution >= 0.6 is 0 Å². The summed E-state index contributed by atoms with van der Waals surface area (Å²) in [7, 11) is 0. The van der Waals surface area contributed by atoms with Crippen molar-refractivity contribution in [2.45, 2.75) is 0 Å². The first kappa shape index (κ1) is 9.25. The fourth-order valence-corrected chi connectivity index (χ4v) is 1.10. The molecule has 0 unspecified atom stereocenters. The van der Waals surface area contributed by atoms with Gasteiger partial charge in [0.15, 0.2) is 0 Å². The van der Waals surface area contributed by atoms with Crippen molar-refractivity contribution in [2.75, 3.05) is 0 Å². The van der Waals surface area contributed by atoms with Gasteiger partial charge in [-0.3, -0.25) is 0 Å². The third-order valence-electron chi connectivity index (χ3n) is 1.80. The van der Waals surface area contributed by atoms with E-state index in [0.29, 0.717) is 5.69 Å². The molecule has 2 rings (SSSR count). The number of carbonyl (C=O) groups is 1. The Labute approximate surface area is 83.0 Å². The normalized spacial score (nSPS) is 10.2. The summed E-state index contributed by atoms with van der Waals surface area (Å²) in [5.74, 6) is -2.13. The first-order valence-corrected chi connectivity index (χ1v) is 3.94. The van der Waals surface area contributed by atoms with Gasteiger partial charge in [0.05, 0.1) is 11.3 Å². The highest BCUT2D eigenvalue weighted by molar-refractivity contribution is 5.88. The van der Waals surface area contributed by atoms with Gasteiger partial charge in [-0.1, -0.05) is 0 Å². The van der Waals surface area contributed by atoms with Gasteiger partial charge in [-0.15, -0.1) is 5.10 Å². The molecule has 0 spiro atoms. The zero-order valence-electron chi connectivity index (χ0n) is 7.33. The molecule has 6 nitrogen and oxygen atoms in total. The van der Waals surface area contributed by atoms with E-state index in [-0.39, 0.29) is 5.56 Å². The first-order valence-electron chi connectivity index (χ1n) is 3.94. The topological polar surface area (TPSA) is 80.9 Å². The van der Waals surface area contributed by atoms with Crippen LogP contribution in [0.4, 0.5) is 4.39 Å². The summed E-state index contributed by atoms with van der Waals surface area (Å²) in [5, 5.41) is 18.9. The second-order valence-corrected chi connectivity index (χ2v) is 2.72. The Morgan fingerprint density at radius 3 is 2.80 bits per heavy atom. The van der Waals surface area contributed by atoms with Crippen LogP contribution in [0.15, 0.2) is 24.5 Å². The maximum atomic E-state index is 13.2. The number of carboxylic acid groups (broad SMARTS) is 1. The minimum atomic E-state index is -1.31. The lowest BCUT2D eigenvalue weighted by molar-refractivity contribution is 0.0692. The SMILES string of the molecule is O=C(O)c1ccc(-n2cnnn2)cc1F. The van der Waals surface area contributed by atoms with Gasteiger partial charge in [0.1, 0.15) is 12.1 Å². The lowest BCUT2D eigenvalue weighted by Crippen LogP contribution is -2.03. The molecule has 7 heteroatoms. The molecule has 76 valence electrons. The molecule has 15 heavy (non-hydrogen) atoms. The Hall–Kier alpha value is -2.31. The van der Waals surface area contributed by atoms with E-state index in [4.69, 9.17) is 5.11 Å². The van der Waals surface area contributed by atoms with Crippen LogP contribution in [0.1, 0.15) is 10.4 Å². The number of aromatic nitrogens is 4. The van der Waals surface area contributed by atoms with E-state index in [1.807, 2.05) is 0 Å². The zero-order valence-corrected chi connectivity index (χ0v) is 7.33. The summed E-state index contributed by atoms with van der Waals surface area (Å²) in [6.45, 7) is 0. The fourth-order valence-electron chi connectivity index (χ4n) is 1.10. The average Bonchev–Trinajstić information content (AvgIpc) is 2.69. The van der Waals surface area contributed by atoms with Gasteiger partial charge in [-0.25, -0.2) is 13.9 Å². The summed E-state index contributed by atoms with van der Waals surface area (Å²) in [4.78, 5) is 10.5. The molecule has 0 bridgehead atoms. The fraction of sp³-hybridized carbons (Fsp3) is 0. The van der Waals surface area contributed by atoms with Crippen LogP contribution in [0.25, 0.3) is 5.69 Å². The van der Waals surface area contributed by atoms with E-state index >= 15 is 0 Å². The molecule has 0 aliphatic carbocycles. The molecule has 0 radical (unpaired) electrons. The summed E-state index contributed by atoms with van der Waals surface area (Å²) in [5.41, 5.74) is -0.0191. The molecular formula is C8H5FN4O2. The predicted molar refractivity (Wildman–Crippen MR) is 46.1 cm³/mol. The molecule has 0 aliphatic rings. The van der Waals surface area contributed by atoms with Crippen molar-refractivity contribution in [1.82, 2.24) is 20.2 Å². The smallest absolute Gasteiger partial charge is 0.338 e. The van der Waals surface area contributed by atoms with Crippen LogP contribution in [0.2, 0.25) is 0 Å². The molecule has 0 atom stereocenters. The van der Waals surface area contributed by atoms with E-state index in [9.17, 15) is 9.18 Å². The van der Waals surface area contributed by atoms with Crippen LogP contribution in [-0.2, 0) is 0 Å². The van der Waals surface area contributed by atoms with Gasteiger partial charge in [-0.2, -0.15) is 0 Å². The molecule has 0 aliphatic heterocycles. The lowest BCUT2D eigenvalue weighted by Gasteiger charge is -2.01. The Kier molecular flexibility index (Phi) is 2.13. The minimum Gasteiger partial charge on any atom is -0.478 e. The van der Waals surface area contributed by atoms with Crippen molar-refractivity contribution in [1.29, 1.82) is 0 Å². The Bertz CT molecular complexity index is 497. The van der Waals surface area contributed by atoms with Crippen molar-refractivity contribution >= 4 is 5.97 Å². The van der Waals surface area contributed by atoms with E-state index in [0.717, 1.165) is 12.1 Å². The number of halogens is 1. The number of hydrogen-bond donors (Lipinski definition) is 1. The van der Waals surface area contributed by atoms with Gasteiger partial charge >= 0.3 is 5.97 Å². The molecule has 0 saturated heterocycles. The van der Waals surface area contributed by atoms with Crippen molar-refractivity contribution < 1.29 is 14.3 Å². The number of aromatic carboxylic acids is 1. The monoisotopic (exact) mass is 208 g/mol. The quantitative estimate of drug-likeness (QED) is 0.777. The van der Waals surface area contributed by atoms with Crippen LogP contribution < -0.4 is 0 Å². The van der Waals surface area contributed by atoms with E-state index in [2.05, 4.69) is 15.5 Å². The third-order valence-corrected chi connectivity index (χ3v) is 1.80. The molecule has 1 aromatic carbocycles. The number of hydrogen-bond acceptors (Lipinski definition) is 4. The maximum Gasteiger partial charge on any atom is 0.338 e. The number of tetrazole rings is 1. The largest absolute Gasteiger partial charge is 0.478 e. The molecule has 1 N–H and O–H groups in total. The summed E-state index contributed by atoms with van der Waals surface area (Å²) in [6.07, 6.45) is 1.29. The molecule has 0 saturated carbocycles. The standard InChI is InChI=1S/C8H5FN4O2/c9-7-3-5(13-4-10-11-12-13)1-2-6(7)8(14)15/h1-4H,(H,14,15). The van der Waals surface area contributed by atoms with Gasteiger partial charge in [-0.05, 0) is 22.6 Å². The Balaban J connectivity index is 2.47. The van der Waals surface area contributed by atoms with Gasteiger partial charge < -0.3 is 5.11 Å². The second kappa shape index (κ2) is 3.45. The van der Waals surface area contributed by atoms with Gasteiger partial charge in [0, 0.05) is 6.07 Å². The second-order valence-electron chi connectivity index (χ2n) is 2.72. The molecule has 0 fully saturated rings. The highest BCUT2D eigenvalue weighted by Crippen LogP contribution is 2.12. The molecule has 1 aromatic heterocycles. The minimum absolute atomic E-state index is 0.363. The Morgan fingerprint density at radius 2 is 2.27 bits per heavy atom. The highest BCUT2D eigenvalue weighted by Gasteiger charge is 2.11. The van der Waals surface area contributed by atoms with Crippen LogP contribution in [0.3, 0.4) is 0 Å². The summed E-state index contributed by atoms with van der Waals surface area (Å²) >= 11 is 0. The average molecular weight is 208 g/mol. The third kappa shape index (κ3) is 1.66. The number of nitrogens with zero attached hydrogens (tertiary/aromatic N) is 4. The molecule has 0 amide bonds. The lowest BCUT2D eigenvalue weighted by atomic mass is 10.2. The first-order chi connectivity index (χ1) is 7.18. The number of carboxylic acids is 1. The molecule has 1 heterocycles. The molecule has 2 aromatic rings. The predicted octanol–water partition coefficient (Wildman–Crippen LogP) is 0.500. The van der Waals surface area contributed by atoms with Crippen LogP contribution in [0.5, 0.6) is 0 Å². The molecular weight excluding hydrogens is 203 g/mol. The van der Waals surface area contributed by atoms with Crippen molar-refractivity contribution in [3.63, 3.8) is 0 Å². The van der Waals surface area contributed by atoms with E-state index < -0.39 is 11.8 Å². The highest BCUT2D eigenvalue weighted by atomic mass is 19.1. The van der Waals surface area contributed by atoms with Gasteiger partial charge in [0.25, 0.3) is 0 Å². The van der Waals surface area contributed by atoms with Crippen LogP contribution in [-0.4, -0.2) is 31.3 Å². The van der Waals surface area contributed by atoms with Gasteiger partial charge in [0.2, 0.25) is 0 Å². The summed E-state index contributed by atoms with van der Waals surface area (Å²) < 4.78 is 14.5. The Morgan fingerprint density at radius 1 is 1.47 bits per heavy atom. The van der Waals surface area contributed by atoms with Crippen LogP contribution in [0, 0.1) is 5.82 Å². The van der Waals surface area contributed by atoms with E-state index in [1.165, 1.54) is 17.1 Å². The van der Waals surface area contributed by atoms with Crippen molar-refractivity contribution in [3.05, 3.63) is 35.9 Å². The maximum absolute atomic E-state index is 13.2. The summed E-state index contributed by atoms with van der Waals surface area (Å²) in [6, 6.07) is 3.64. The van der Waals surface area contributed by atoms with Crippen molar-refractivity contribution in [3.8, 4) is 5.69 Å².